The van der Waals surface area contributed by atoms with E-state index in [9.17, 15) is 26.3 Å². The average Bonchev–Trinajstić information content (AvgIpc) is 2.81. The van der Waals surface area contributed by atoms with Gasteiger partial charge in [0.05, 0.1) is 24.3 Å². The molecule has 1 fully saturated rings. The third-order valence-electron chi connectivity index (χ3n) is 6.20. The standard InChI is InChI=1S/C25H31F6N3O/c1-3-8-33-9-11-34(12-10-33)22(21-6-4-5-7-23(21)35-2)17-32-16-18-13-19(24(26,27)28)15-20(14-18)25(29,30)31/h4-7,13-15,22,32H,3,8-12,16-17H2,1-2H3. The average molecular weight is 504 g/mol. The summed E-state index contributed by atoms with van der Waals surface area (Å²) in [4.78, 5) is 4.66. The van der Waals surface area contributed by atoms with Crippen molar-refractivity contribution in [3.8, 4) is 5.75 Å². The zero-order chi connectivity index (χ0) is 25.6. The Balaban J connectivity index is 1.79. The molecule has 194 valence electrons. The molecular formula is C25H31F6N3O. The van der Waals surface area contributed by atoms with Crippen LogP contribution in [0, 0.1) is 0 Å². The maximum absolute atomic E-state index is 13.2. The number of para-hydroxylation sites is 1. The smallest absolute Gasteiger partial charge is 0.416 e. The first-order valence-electron chi connectivity index (χ1n) is 11.6. The van der Waals surface area contributed by atoms with Crippen LogP contribution in [0.5, 0.6) is 5.75 Å². The number of methoxy groups -OCH3 is 1. The fraction of sp³-hybridized carbons (Fsp3) is 0.520. The van der Waals surface area contributed by atoms with E-state index in [0.29, 0.717) is 12.3 Å². The summed E-state index contributed by atoms with van der Waals surface area (Å²) in [7, 11) is 1.57. The van der Waals surface area contributed by atoms with E-state index >= 15 is 0 Å². The van der Waals surface area contributed by atoms with Crippen molar-refractivity contribution in [1.82, 2.24) is 15.1 Å². The summed E-state index contributed by atoms with van der Waals surface area (Å²) in [6, 6.07) is 9.06. The Morgan fingerprint density at radius 2 is 1.51 bits per heavy atom. The first kappa shape index (κ1) is 27.3. The third kappa shape index (κ3) is 7.35. The van der Waals surface area contributed by atoms with Crippen molar-refractivity contribution in [3.05, 3.63) is 64.7 Å². The summed E-state index contributed by atoms with van der Waals surface area (Å²) in [5.41, 5.74) is -1.76. The number of nitrogens with zero attached hydrogens (tertiary/aromatic N) is 2. The minimum Gasteiger partial charge on any atom is -0.496 e. The molecule has 0 amide bonds. The van der Waals surface area contributed by atoms with E-state index in [2.05, 4.69) is 22.0 Å². The molecule has 1 unspecified atom stereocenters. The summed E-state index contributed by atoms with van der Waals surface area (Å²) in [6.07, 6.45) is -8.67. The first-order chi connectivity index (χ1) is 16.5. The number of hydrogen-bond donors (Lipinski definition) is 1. The van der Waals surface area contributed by atoms with Crippen molar-refractivity contribution in [2.45, 2.75) is 38.3 Å². The van der Waals surface area contributed by atoms with Gasteiger partial charge in [0.1, 0.15) is 5.75 Å². The second kappa shape index (κ2) is 11.6. The van der Waals surface area contributed by atoms with E-state index in [0.717, 1.165) is 56.8 Å². The molecule has 1 aliphatic rings. The fourth-order valence-corrected chi connectivity index (χ4v) is 4.47. The molecule has 1 heterocycles. The number of alkyl halides is 6. The normalized spacial score (nSPS) is 16.9. The van der Waals surface area contributed by atoms with E-state index in [1.807, 2.05) is 24.3 Å². The summed E-state index contributed by atoms with van der Waals surface area (Å²) < 4.78 is 84.8. The Labute approximate surface area is 201 Å². The van der Waals surface area contributed by atoms with Gasteiger partial charge in [-0.2, -0.15) is 26.3 Å². The van der Waals surface area contributed by atoms with Gasteiger partial charge in [-0.05, 0) is 42.8 Å². The monoisotopic (exact) mass is 503 g/mol. The Morgan fingerprint density at radius 3 is 2.06 bits per heavy atom. The van der Waals surface area contributed by atoms with Gasteiger partial charge in [0.25, 0.3) is 0 Å². The number of rotatable bonds is 9. The number of nitrogens with one attached hydrogen (secondary N) is 1. The molecule has 2 aromatic carbocycles. The van der Waals surface area contributed by atoms with Gasteiger partial charge in [0, 0.05) is 44.8 Å². The molecule has 0 aliphatic carbocycles. The van der Waals surface area contributed by atoms with Gasteiger partial charge in [0.2, 0.25) is 0 Å². The molecule has 0 bridgehead atoms. The highest BCUT2D eigenvalue weighted by Crippen LogP contribution is 2.36. The zero-order valence-electron chi connectivity index (χ0n) is 19.8. The summed E-state index contributed by atoms with van der Waals surface area (Å²) in [5, 5.41) is 3.10. The van der Waals surface area contributed by atoms with Crippen LogP contribution in [0.2, 0.25) is 0 Å². The third-order valence-corrected chi connectivity index (χ3v) is 6.20. The molecule has 0 spiro atoms. The molecule has 10 heteroatoms. The van der Waals surface area contributed by atoms with E-state index < -0.39 is 23.5 Å². The van der Waals surface area contributed by atoms with Crippen molar-refractivity contribution in [2.75, 3.05) is 46.4 Å². The maximum atomic E-state index is 13.2. The highest BCUT2D eigenvalue weighted by molar-refractivity contribution is 5.37. The predicted molar refractivity (Wildman–Crippen MR) is 122 cm³/mol. The van der Waals surface area contributed by atoms with Crippen molar-refractivity contribution in [2.24, 2.45) is 0 Å². The lowest BCUT2D eigenvalue weighted by atomic mass is 10.0. The Kier molecular flexibility index (Phi) is 9.06. The van der Waals surface area contributed by atoms with Gasteiger partial charge >= 0.3 is 12.4 Å². The molecular weight excluding hydrogens is 472 g/mol. The van der Waals surface area contributed by atoms with E-state index in [4.69, 9.17) is 4.74 Å². The second-order valence-electron chi connectivity index (χ2n) is 8.68. The number of hydrogen-bond acceptors (Lipinski definition) is 4. The lowest BCUT2D eigenvalue weighted by molar-refractivity contribution is -0.143. The molecule has 0 radical (unpaired) electrons. The van der Waals surface area contributed by atoms with Crippen molar-refractivity contribution >= 4 is 0 Å². The molecule has 1 atom stereocenters. The maximum Gasteiger partial charge on any atom is 0.416 e. The van der Waals surface area contributed by atoms with Crippen molar-refractivity contribution < 1.29 is 31.1 Å². The van der Waals surface area contributed by atoms with Crippen LogP contribution >= 0.6 is 0 Å². The number of ether oxygens (including phenoxy) is 1. The fourth-order valence-electron chi connectivity index (χ4n) is 4.47. The number of halogens is 6. The lowest BCUT2D eigenvalue weighted by Gasteiger charge is -2.40. The summed E-state index contributed by atoms with van der Waals surface area (Å²) in [5.74, 6) is 0.689. The number of piperazine rings is 1. The van der Waals surface area contributed by atoms with Gasteiger partial charge in [-0.25, -0.2) is 0 Å². The van der Waals surface area contributed by atoms with Crippen LogP contribution in [0.3, 0.4) is 0 Å². The van der Waals surface area contributed by atoms with Crippen LogP contribution in [0.15, 0.2) is 42.5 Å². The Morgan fingerprint density at radius 1 is 0.914 bits per heavy atom. The summed E-state index contributed by atoms with van der Waals surface area (Å²) in [6.45, 7) is 6.73. The van der Waals surface area contributed by atoms with Gasteiger partial charge in [-0.3, -0.25) is 4.90 Å². The van der Waals surface area contributed by atoms with Crippen LogP contribution in [0.1, 0.15) is 41.6 Å². The van der Waals surface area contributed by atoms with Crippen LogP contribution in [0.25, 0.3) is 0 Å². The molecule has 1 N–H and O–H groups in total. The van der Waals surface area contributed by atoms with Gasteiger partial charge < -0.3 is 15.0 Å². The second-order valence-corrected chi connectivity index (χ2v) is 8.68. The molecule has 0 aromatic heterocycles. The highest BCUT2D eigenvalue weighted by atomic mass is 19.4. The molecule has 2 aromatic rings. The molecule has 3 rings (SSSR count). The van der Waals surface area contributed by atoms with Crippen molar-refractivity contribution in [1.29, 1.82) is 0 Å². The Hall–Kier alpha value is -2.30. The zero-order valence-corrected chi connectivity index (χ0v) is 19.8. The SMILES string of the molecule is CCCN1CCN(C(CNCc2cc(C(F)(F)F)cc(C(F)(F)F)c2)c2ccccc2OC)CC1. The van der Waals surface area contributed by atoms with Crippen molar-refractivity contribution in [3.63, 3.8) is 0 Å². The van der Waals surface area contributed by atoms with E-state index in [1.54, 1.807) is 7.11 Å². The minimum absolute atomic E-state index is 0.0707. The van der Waals surface area contributed by atoms with E-state index in [1.165, 1.54) is 0 Å². The molecule has 0 saturated carbocycles. The van der Waals surface area contributed by atoms with Crippen LogP contribution < -0.4 is 10.1 Å². The number of benzene rings is 2. The predicted octanol–water partition coefficient (Wildman–Crippen LogP) is 5.59. The van der Waals surface area contributed by atoms with Gasteiger partial charge in [-0.1, -0.05) is 25.1 Å². The van der Waals surface area contributed by atoms with Gasteiger partial charge in [-0.15, -0.1) is 0 Å². The quantitative estimate of drug-likeness (QED) is 0.452. The summed E-state index contributed by atoms with van der Waals surface area (Å²) >= 11 is 0. The molecule has 1 saturated heterocycles. The molecule has 4 nitrogen and oxygen atoms in total. The van der Waals surface area contributed by atoms with E-state index in [-0.39, 0.29) is 24.2 Å². The lowest BCUT2D eigenvalue weighted by Crippen LogP contribution is -2.49. The first-order valence-corrected chi connectivity index (χ1v) is 11.6. The molecule has 35 heavy (non-hydrogen) atoms. The van der Waals surface area contributed by atoms with Crippen LogP contribution in [-0.4, -0.2) is 56.2 Å². The van der Waals surface area contributed by atoms with Crippen LogP contribution in [0.4, 0.5) is 26.3 Å². The van der Waals surface area contributed by atoms with Crippen LogP contribution in [-0.2, 0) is 18.9 Å². The topological polar surface area (TPSA) is 27.7 Å². The largest absolute Gasteiger partial charge is 0.496 e. The highest BCUT2D eigenvalue weighted by Gasteiger charge is 2.37. The molecule has 1 aliphatic heterocycles. The van der Waals surface area contributed by atoms with Gasteiger partial charge in [0.15, 0.2) is 0 Å². The Bertz CT molecular complexity index is 923. The minimum atomic E-state index is -4.87.